The molecule has 1 heterocycles. The quantitative estimate of drug-likeness (QED) is 0.342. The van der Waals surface area contributed by atoms with Gasteiger partial charge in [-0.1, -0.05) is 46.3 Å². The fourth-order valence-corrected chi connectivity index (χ4v) is 3.56. The molecule has 0 unspecified atom stereocenters. The molecule has 0 spiro atoms. The first-order valence-corrected chi connectivity index (χ1v) is 10.6. The van der Waals surface area contributed by atoms with Gasteiger partial charge in [0.2, 0.25) is 0 Å². The molecule has 32 heavy (non-hydrogen) atoms. The lowest BCUT2D eigenvalue weighted by Crippen LogP contribution is -2.41. The minimum absolute atomic E-state index is 0.316. The largest absolute Gasteiger partial charge is 0.493 e. The number of carbonyl (C=O) groups is 2. The van der Waals surface area contributed by atoms with E-state index in [1.807, 2.05) is 48.5 Å². The summed E-state index contributed by atoms with van der Waals surface area (Å²) >= 11 is 3.40. The topological polar surface area (TPSA) is 92.5 Å². The molecule has 2 amide bonds. The highest BCUT2D eigenvalue weighted by Gasteiger charge is 2.15. The summed E-state index contributed by atoms with van der Waals surface area (Å²) < 4.78 is 12.0. The number of carbonyl (C=O) groups excluding carboxylic acids is 2. The van der Waals surface area contributed by atoms with E-state index < -0.39 is 11.8 Å². The van der Waals surface area contributed by atoms with Gasteiger partial charge in [0.25, 0.3) is 11.8 Å². The summed E-state index contributed by atoms with van der Waals surface area (Å²) in [6.45, 7) is 0.375. The van der Waals surface area contributed by atoms with Gasteiger partial charge >= 0.3 is 0 Å². The smallest absolute Gasteiger partial charge is 0.271 e. The number of aromatic nitrogens is 1. The van der Waals surface area contributed by atoms with Gasteiger partial charge in [-0.25, -0.2) is 0 Å². The summed E-state index contributed by atoms with van der Waals surface area (Å²) in [6.07, 6.45) is 1.60. The standard InChI is InChI=1S/C24H20BrN3O4/c1-31-22-11-16(7-10-21(22)32-14-15-5-3-2-4-6-15)23(29)27-28-24(30)19-13-26-20-9-8-17(25)12-18(19)20/h2-13,26H,14H2,1H3,(H,27,29)(H,28,30). The van der Waals surface area contributed by atoms with E-state index in [-0.39, 0.29) is 0 Å². The summed E-state index contributed by atoms with van der Waals surface area (Å²) in [7, 11) is 1.50. The SMILES string of the molecule is COc1cc(C(=O)NNC(=O)c2c[nH]c3ccc(Br)cc23)ccc1OCc1ccccc1. The molecule has 3 N–H and O–H groups in total. The van der Waals surface area contributed by atoms with Gasteiger partial charge in [0, 0.05) is 27.1 Å². The van der Waals surface area contributed by atoms with Crippen LogP contribution in [0.2, 0.25) is 0 Å². The van der Waals surface area contributed by atoms with Crippen molar-refractivity contribution in [3.05, 3.63) is 94.1 Å². The highest BCUT2D eigenvalue weighted by atomic mass is 79.9. The molecule has 0 aliphatic carbocycles. The number of nitrogens with one attached hydrogen (secondary N) is 3. The van der Waals surface area contributed by atoms with Gasteiger partial charge in [0.05, 0.1) is 12.7 Å². The first kappa shape index (κ1) is 21.5. The van der Waals surface area contributed by atoms with E-state index in [9.17, 15) is 9.59 Å². The van der Waals surface area contributed by atoms with Gasteiger partial charge in [-0.3, -0.25) is 20.4 Å². The van der Waals surface area contributed by atoms with Crippen molar-refractivity contribution in [1.29, 1.82) is 0 Å². The Labute approximate surface area is 192 Å². The summed E-state index contributed by atoms with van der Waals surface area (Å²) in [5.74, 6) is 0.0208. The maximum Gasteiger partial charge on any atom is 0.271 e. The van der Waals surface area contributed by atoms with E-state index in [2.05, 4.69) is 31.8 Å². The Kier molecular flexibility index (Phi) is 6.42. The maximum atomic E-state index is 12.6. The number of ether oxygens (including phenoxy) is 2. The highest BCUT2D eigenvalue weighted by Crippen LogP contribution is 2.29. The van der Waals surface area contributed by atoms with Crippen LogP contribution in [0.1, 0.15) is 26.3 Å². The van der Waals surface area contributed by atoms with Crippen molar-refractivity contribution in [3.8, 4) is 11.5 Å². The van der Waals surface area contributed by atoms with Crippen LogP contribution in [-0.4, -0.2) is 23.9 Å². The molecule has 0 bridgehead atoms. The van der Waals surface area contributed by atoms with Crippen LogP contribution in [0.15, 0.2) is 77.4 Å². The lowest BCUT2D eigenvalue weighted by Gasteiger charge is -2.13. The fraction of sp³-hybridized carbons (Fsp3) is 0.0833. The molecular formula is C24H20BrN3O4. The number of amides is 2. The van der Waals surface area contributed by atoms with Crippen molar-refractivity contribution in [2.24, 2.45) is 0 Å². The van der Waals surface area contributed by atoms with Gasteiger partial charge in [0.1, 0.15) is 6.61 Å². The van der Waals surface area contributed by atoms with Crippen LogP contribution in [0.5, 0.6) is 11.5 Å². The van der Waals surface area contributed by atoms with E-state index in [0.717, 1.165) is 20.9 Å². The van der Waals surface area contributed by atoms with Gasteiger partial charge in [-0.15, -0.1) is 0 Å². The zero-order valence-corrected chi connectivity index (χ0v) is 18.7. The zero-order valence-electron chi connectivity index (χ0n) is 17.1. The number of aromatic amines is 1. The molecule has 4 aromatic rings. The Morgan fingerprint density at radius 2 is 1.72 bits per heavy atom. The Morgan fingerprint density at radius 3 is 2.50 bits per heavy atom. The Balaban J connectivity index is 1.41. The van der Waals surface area contributed by atoms with Gasteiger partial charge in [-0.2, -0.15) is 0 Å². The number of H-pyrrole nitrogens is 1. The second-order valence-electron chi connectivity index (χ2n) is 6.94. The third-order valence-corrected chi connectivity index (χ3v) is 5.33. The van der Waals surface area contributed by atoms with Gasteiger partial charge in [-0.05, 0) is 42.0 Å². The predicted molar refractivity (Wildman–Crippen MR) is 125 cm³/mol. The maximum absolute atomic E-state index is 12.6. The lowest BCUT2D eigenvalue weighted by atomic mass is 10.1. The van der Waals surface area contributed by atoms with Crippen LogP contribution in [0.4, 0.5) is 0 Å². The van der Waals surface area contributed by atoms with Crippen molar-refractivity contribution in [3.63, 3.8) is 0 Å². The van der Waals surface area contributed by atoms with E-state index in [4.69, 9.17) is 9.47 Å². The van der Waals surface area contributed by atoms with Crippen LogP contribution in [0.3, 0.4) is 0 Å². The summed E-state index contributed by atoms with van der Waals surface area (Å²) in [6, 6.07) is 20.1. The molecule has 0 fully saturated rings. The highest BCUT2D eigenvalue weighted by molar-refractivity contribution is 9.10. The minimum atomic E-state index is -0.479. The summed E-state index contributed by atoms with van der Waals surface area (Å²) in [5.41, 5.74) is 7.46. The fourth-order valence-electron chi connectivity index (χ4n) is 3.20. The molecular weight excluding hydrogens is 474 g/mol. The molecule has 7 nitrogen and oxygen atoms in total. The van der Waals surface area contributed by atoms with Crippen molar-refractivity contribution in [2.75, 3.05) is 7.11 Å². The average Bonchev–Trinajstić information content (AvgIpc) is 3.24. The number of hydrogen-bond acceptors (Lipinski definition) is 4. The first-order valence-electron chi connectivity index (χ1n) is 9.77. The van der Waals surface area contributed by atoms with Crippen LogP contribution in [-0.2, 0) is 6.61 Å². The Bertz CT molecular complexity index is 1270. The first-order chi connectivity index (χ1) is 15.5. The minimum Gasteiger partial charge on any atom is -0.493 e. The molecule has 0 saturated heterocycles. The molecule has 0 aliphatic heterocycles. The second kappa shape index (κ2) is 9.57. The number of fused-ring (bicyclic) bond motifs is 1. The van der Waals surface area contributed by atoms with Crippen LogP contribution in [0.25, 0.3) is 10.9 Å². The predicted octanol–water partition coefficient (Wildman–Crippen LogP) is 4.59. The molecule has 8 heteroatoms. The number of hydrogen-bond donors (Lipinski definition) is 3. The van der Waals surface area contributed by atoms with Crippen LogP contribution < -0.4 is 20.3 Å². The summed E-state index contributed by atoms with van der Waals surface area (Å²) in [5, 5.41) is 0.743. The Hall–Kier alpha value is -3.78. The molecule has 3 aromatic carbocycles. The van der Waals surface area contributed by atoms with E-state index >= 15 is 0 Å². The van der Waals surface area contributed by atoms with E-state index in [1.165, 1.54) is 7.11 Å². The molecule has 0 aliphatic rings. The average molecular weight is 494 g/mol. The van der Waals surface area contributed by atoms with Crippen LogP contribution in [0, 0.1) is 0 Å². The molecule has 4 rings (SSSR count). The number of hydrazine groups is 1. The number of methoxy groups -OCH3 is 1. The van der Waals surface area contributed by atoms with Crippen molar-refractivity contribution in [2.45, 2.75) is 6.61 Å². The van der Waals surface area contributed by atoms with Crippen molar-refractivity contribution < 1.29 is 19.1 Å². The summed E-state index contributed by atoms with van der Waals surface area (Å²) in [4.78, 5) is 28.2. The molecule has 162 valence electrons. The van der Waals surface area contributed by atoms with E-state index in [0.29, 0.717) is 29.2 Å². The molecule has 0 atom stereocenters. The van der Waals surface area contributed by atoms with Crippen molar-refractivity contribution >= 4 is 38.6 Å². The Morgan fingerprint density at radius 1 is 0.938 bits per heavy atom. The zero-order chi connectivity index (χ0) is 22.5. The third-order valence-electron chi connectivity index (χ3n) is 4.84. The number of benzene rings is 3. The lowest BCUT2D eigenvalue weighted by molar-refractivity contribution is 0.0847. The van der Waals surface area contributed by atoms with E-state index in [1.54, 1.807) is 24.4 Å². The third kappa shape index (κ3) is 4.76. The van der Waals surface area contributed by atoms with Crippen molar-refractivity contribution in [1.82, 2.24) is 15.8 Å². The normalized spacial score (nSPS) is 10.6. The van der Waals surface area contributed by atoms with Gasteiger partial charge < -0.3 is 14.5 Å². The molecule has 1 aromatic heterocycles. The van der Waals surface area contributed by atoms with Gasteiger partial charge in [0.15, 0.2) is 11.5 Å². The van der Waals surface area contributed by atoms with Crippen LogP contribution >= 0.6 is 15.9 Å². The monoisotopic (exact) mass is 493 g/mol. The molecule has 0 saturated carbocycles. The molecule has 0 radical (unpaired) electrons. The second-order valence-corrected chi connectivity index (χ2v) is 7.86. The number of rotatable bonds is 6. The number of halogens is 1.